The number of rotatable bonds is 1. The van der Waals surface area contributed by atoms with Crippen LogP contribution in [0.5, 0.6) is 5.75 Å². The lowest BCUT2D eigenvalue weighted by atomic mass is 9.90. The first-order valence-corrected chi connectivity index (χ1v) is 5.34. The number of phenolic OH excluding ortho intramolecular Hbond substituents is 1. The Morgan fingerprint density at radius 1 is 1.21 bits per heavy atom. The van der Waals surface area contributed by atoms with E-state index in [4.69, 9.17) is 0 Å². The quantitative estimate of drug-likeness (QED) is 0.708. The summed E-state index contributed by atoms with van der Waals surface area (Å²) >= 11 is 0. The van der Waals surface area contributed by atoms with E-state index in [0.29, 0.717) is 17.2 Å². The molecule has 1 aliphatic heterocycles. The third-order valence-electron chi connectivity index (χ3n) is 3.66. The predicted molar refractivity (Wildman–Crippen MR) is 55.4 cm³/mol. The number of phenols is 1. The molecular formula is C12H15NO. The lowest BCUT2D eigenvalue weighted by Gasteiger charge is -2.18. The average Bonchev–Trinajstić information content (AvgIpc) is 2.82. The Hall–Kier alpha value is -1.02. The Bertz CT molecular complexity index is 340. The van der Waals surface area contributed by atoms with Gasteiger partial charge < -0.3 is 10.4 Å². The number of aromatic hydroxyl groups is 1. The van der Waals surface area contributed by atoms with Gasteiger partial charge in [0.05, 0.1) is 0 Å². The van der Waals surface area contributed by atoms with Crippen molar-refractivity contribution >= 4 is 0 Å². The molecule has 0 amide bonds. The molecule has 0 bridgehead atoms. The molecule has 2 nitrogen and oxygen atoms in total. The lowest BCUT2D eigenvalue weighted by Crippen LogP contribution is -2.27. The standard InChI is InChI=1S/C12H15NO/c14-10-3-1-9(2-4-10)11-5-8-13-12(11)6-7-12/h1-4,11,13-14H,5-8H2. The summed E-state index contributed by atoms with van der Waals surface area (Å²) in [4.78, 5) is 0. The molecule has 74 valence electrons. The first-order chi connectivity index (χ1) is 6.80. The summed E-state index contributed by atoms with van der Waals surface area (Å²) in [5.74, 6) is 1.03. The van der Waals surface area contributed by atoms with E-state index in [9.17, 15) is 5.11 Å². The van der Waals surface area contributed by atoms with Crippen molar-refractivity contribution in [1.29, 1.82) is 0 Å². The number of hydrogen-bond acceptors (Lipinski definition) is 2. The second-order valence-corrected chi connectivity index (χ2v) is 4.52. The molecule has 1 heterocycles. The molecule has 1 aromatic rings. The van der Waals surface area contributed by atoms with Gasteiger partial charge in [-0.1, -0.05) is 12.1 Å². The molecule has 2 N–H and O–H groups in total. The SMILES string of the molecule is Oc1ccc(C2CCNC23CC3)cc1. The van der Waals surface area contributed by atoms with Crippen LogP contribution >= 0.6 is 0 Å². The van der Waals surface area contributed by atoms with Gasteiger partial charge >= 0.3 is 0 Å². The van der Waals surface area contributed by atoms with Crippen LogP contribution in [0.3, 0.4) is 0 Å². The van der Waals surface area contributed by atoms with E-state index in [0.717, 1.165) is 6.54 Å². The monoisotopic (exact) mass is 189 g/mol. The maximum Gasteiger partial charge on any atom is 0.115 e. The highest BCUT2D eigenvalue weighted by atomic mass is 16.3. The average molecular weight is 189 g/mol. The Balaban J connectivity index is 1.91. The van der Waals surface area contributed by atoms with E-state index in [1.165, 1.54) is 24.8 Å². The van der Waals surface area contributed by atoms with E-state index in [-0.39, 0.29) is 0 Å². The number of nitrogens with one attached hydrogen (secondary N) is 1. The van der Waals surface area contributed by atoms with Crippen molar-refractivity contribution < 1.29 is 5.11 Å². The first-order valence-electron chi connectivity index (χ1n) is 5.34. The van der Waals surface area contributed by atoms with Crippen LogP contribution in [0.2, 0.25) is 0 Å². The lowest BCUT2D eigenvalue weighted by molar-refractivity contribution is 0.474. The van der Waals surface area contributed by atoms with E-state index < -0.39 is 0 Å². The Kier molecular flexibility index (Phi) is 1.62. The minimum Gasteiger partial charge on any atom is -0.508 e. The number of hydrogen-bond donors (Lipinski definition) is 2. The second kappa shape index (κ2) is 2.74. The minimum atomic E-state index is 0.365. The van der Waals surface area contributed by atoms with Gasteiger partial charge in [-0.05, 0) is 43.5 Å². The predicted octanol–water partition coefficient (Wildman–Crippen LogP) is 2.00. The van der Waals surface area contributed by atoms with Crippen molar-refractivity contribution in [2.75, 3.05) is 6.54 Å². The maximum absolute atomic E-state index is 9.23. The molecule has 2 aliphatic rings. The van der Waals surface area contributed by atoms with Crippen molar-refractivity contribution in [3.05, 3.63) is 29.8 Å². The highest BCUT2D eigenvalue weighted by molar-refractivity contribution is 5.34. The summed E-state index contributed by atoms with van der Waals surface area (Å²) in [6.07, 6.45) is 3.88. The van der Waals surface area contributed by atoms with Crippen molar-refractivity contribution in [2.24, 2.45) is 0 Å². The molecule has 0 radical (unpaired) electrons. The van der Waals surface area contributed by atoms with Gasteiger partial charge in [0.1, 0.15) is 5.75 Å². The van der Waals surface area contributed by atoms with Crippen LogP contribution in [-0.4, -0.2) is 17.2 Å². The zero-order chi connectivity index (χ0) is 9.60. The van der Waals surface area contributed by atoms with Crippen LogP contribution in [-0.2, 0) is 0 Å². The van der Waals surface area contributed by atoms with E-state index in [2.05, 4.69) is 17.4 Å². The van der Waals surface area contributed by atoms with Gasteiger partial charge in [-0.25, -0.2) is 0 Å². The summed E-state index contributed by atoms with van der Waals surface area (Å²) in [7, 11) is 0. The molecule has 2 fully saturated rings. The third kappa shape index (κ3) is 1.14. The summed E-state index contributed by atoms with van der Waals surface area (Å²) in [6, 6.07) is 7.72. The van der Waals surface area contributed by atoms with Gasteiger partial charge in [0.2, 0.25) is 0 Å². The van der Waals surface area contributed by atoms with Crippen molar-refractivity contribution in [1.82, 2.24) is 5.32 Å². The smallest absolute Gasteiger partial charge is 0.115 e. The van der Waals surface area contributed by atoms with E-state index in [1.54, 1.807) is 12.1 Å². The molecule has 1 aliphatic carbocycles. The van der Waals surface area contributed by atoms with Gasteiger partial charge in [0.25, 0.3) is 0 Å². The molecule has 1 aromatic carbocycles. The molecule has 3 rings (SSSR count). The van der Waals surface area contributed by atoms with Crippen LogP contribution in [0, 0.1) is 0 Å². The maximum atomic E-state index is 9.23. The van der Waals surface area contributed by atoms with Gasteiger partial charge in [-0.2, -0.15) is 0 Å². The van der Waals surface area contributed by atoms with Gasteiger partial charge in [-0.15, -0.1) is 0 Å². The fourth-order valence-corrected chi connectivity index (χ4v) is 2.72. The summed E-state index contributed by atoms with van der Waals surface area (Å²) in [6.45, 7) is 1.14. The topological polar surface area (TPSA) is 32.3 Å². The zero-order valence-electron chi connectivity index (χ0n) is 8.16. The minimum absolute atomic E-state index is 0.365. The van der Waals surface area contributed by atoms with Gasteiger partial charge in [0.15, 0.2) is 0 Å². The second-order valence-electron chi connectivity index (χ2n) is 4.52. The Morgan fingerprint density at radius 2 is 1.93 bits per heavy atom. The fraction of sp³-hybridized carbons (Fsp3) is 0.500. The van der Waals surface area contributed by atoms with E-state index in [1.807, 2.05) is 0 Å². The van der Waals surface area contributed by atoms with Crippen LogP contribution in [0.1, 0.15) is 30.7 Å². The van der Waals surface area contributed by atoms with Crippen molar-refractivity contribution in [3.8, 4) is 5.75 Å². The molecule has 1 saturated heterocycles. The van der Waals surface area contributed by atoms with Crippen LogP contribution < -0.4 is 5.32 Å². The zero-order valence-corrected chi connectivity index (χ0v) is 8.16. The molecular weight excluding hydrogens is 174 g/mol. The largest absolute Gasteiger partial charge is 0.508 e. The van der Waals surface area contributed by atoms with Crippen molar-refractivity contribution in [3.63, 3.8) is 0 Å². The Morgan fingerprint density at radius 3 is 2.57 bits per heavy atom. The van der Waals surface area contributed by atoms with E-state index >= 15 is 0 Å². The molecule has 1 spiro atoms. The molecule has 1 unspecified atom stereocenters. The number of benzene rings is 1. The fourth-order valence-electron chi connectivity index (χ4n) is 2.72. The molecule has 0 aromatic heterocycles. The third-order valence-corrected chi connectivity index (χ3v) is 3.66. The normalized spacial score (nSPS) is 28.1. The Labute approximate surface area is 84.0 Å². The van der Waals surface area contributed by atoms with Crippen LogP contribution in [0.4, 0.5) is 0 Å². The van der Waals surface area contributed by atoms with Crippen molar-refractivity contribution in [2.45, 2.75) is 30.7 Å². The van der Waals surface area contributed by atoms with Crippen LogP contribution in [0.15, 0.2) is 24.3 Å². The summed E-state index contributed by atoms with van der Waals surface area (Å²) in [5, 5.41) is 12.8. The molecule has 2 heteroatoms. The van der Waals surface area contributed by atoms with Crippen LogP contribution in [0.25, 0.3) is 0 Å². The van der Waals surface area contributed by atoms with Gasteiger partial charge in [0, 0.05) is 11.5 Å². The first kappa shape index (κ1) is 8.30. The molecule has 14 heavy (non-hydrogen) atoms. The molecule has 1 saturated carbocycles. The highest BCUT2D eigenvalue weighted by Crippen LogP contribution is 2.51. The summed E-state index contributed by atoms with van der Waals surface area (Å²) in [5.41, 5.74) is 1.81. The highest BCUT2D eigenvalue weighted by Gasteiger charge is 2.52. The molecule has 1 atom stereocenters. The summed E-state index contributed by atoms with van der Waals surface area (Å²) < 4.78 is 0. The van der Waals surface area contributed by atoms with Gasteiger partial charge in [-0.3, -0.25) is 0 Å².